The van der Waals surface area contributed by atoms with Crippen molar-refractivity contribution in [3.8, 4) is 23.3 Å². The van der Waals surface area contributed by atoms with Gasteiger partial charge in [-0.1, -0.05) is 41.1 Å². The number of hydrogen-bond acceptors (Lipinski definition) is 8. The van der Waals surface area contributed by atoms with Gasteiger partial charge < -0.3 is 14.2 Å². The lowest BCUT2D eigenvalue weighted by molar-refractivity contribution is -0.138. The summed E-state index contributed by atoms with van der Waals surface area (Å²) >= 11 is 6.18. The highest BCUT2D eigenvalue weighted by atomic mass is 35.5. The van der Waals surface area contributed by atoms with Crippen molar-refractivity contribution in [2.75, 3.05) is 25.6 Å². The normalized spacial score (nSPS) is 11.5. The van der Waals surface area contributed by atoms with E-state index in [1.807, 2.05) is 0 Å². The number of nitriles is 1. The van der Waals surface area contributed by atoms with Crippen LogP contribution in [0.1, 0.15) is 10.6 Å². The molecule has 35 heavy (non-hydrogen) atoms. The van der Waals surface area contributed by atoms with Crippen LogP contribution in [0.2, 0.25) is 5.02 Å². The highest BCUT2D eigenvalue weighted by Crippen LogP contribution is 2.33. The van der Waals surface area contributed by atoms with Crippen LogP contribution in [-0.2, 0) is 11.0 Å². The molecule has 1 amide bonds. The monoisotopic (exact) mass is 524 g/mol. The molecule has 0 atom stereocenters. The van der Waals surface area contributed by atoms with Gasteiger partial charge in [-0.2, -0.15) is 18.4 Å². The SMILES string of the molecule is COc1cc(/C=C(/C#N)C(=O)Nc2nnc(C(F)(F)F)s2)ccc1OCCOc1ccccc1Cl. The van der Waals surface area contributed by atoms with Gasteiger partial charge in [-0.15, -0.1) is 10.2 Å². The first-order valence-electron chi connectivity index (χ1n) is 9.73. The Kier molecular flexibility index (Phi) is 8.51. The van der Waals surface area contributed by atoms with Gasteiger partial charge in [0.1, 0.15) is 30.6 Å². The smallest absolute Gasteiger partial charge is 0.445 e. The minimum Gasteiger partial charge on any atom is -0.493 e. The van der Waals surface area contributed by atoms with Gasteiger partial charge in [0.25, 0.3) is 5.91 Å². The minimum atomic E-state index is -4.68. The molecule has 1 N–H and O–H groups in total. The van der Waals surface area contributed by atoms with E-state index in [0.29, 0.717) is 27.8 Å². The van der Waals surface area contributed by atoms with Crippen molar-refractivity contribution in [1.82, 2.24) is 10.2 Å². The molecule has 0 saturated carbocycles. The first-order valence-corrected chi connectivity index (χ1v) is 10.9. The number of alkyl halides is 3. The summed E-state index contributed by atoms with van der Waals surface area (Å²) in [5, 5.41) is 16.6. The van der Waals surface area contributed by atoms with E-state index >= 15 is 0 Å². The lowest BCUT2D eigenvalue weighted by atomic mass is 10.1. The number of carbonyl (C=O) groups is 1. The zero-order valence-electron chi connectivity index (χ0n) is 17.9. The Balaban J connectivity index is 1.64. The van der Waals surface area contributed by atoms with Crippen LogP contribution >= 0.6 is 22.9 Å². The first kappa shape index (κ1) is 25.8. The second kappa shape index (κ2) is 11.5. The third-order valence-corrected chi connectivity index (χ3v) is 5.38. The molecule has 0 spiro atoms. The van der Waals surface area contributed by atoms with Crippen molar-refractivity contribution in [3.05, 3.63) is 63.6 Å². The van der Waals surface area contributed by atoms with Gasteiger partial charge in [0.05, 0.1) is 12.1 Å². The topological polar surface area (TPSA) is 106 Å². The molecular formula is C22H16ClF3N4O4S. The molecule has 2 aromatic carbocycles. The Morgan fingerprint density at radius 2 is 1.86 bits per heavy atom. The summed E-state index contributed by atoms with van der Waals surface area (Å²) in [6, 6.07) is 13.4. The second-order valence-electron chi connectivity index (χ2n) is 6.57. The van der Waals surface area contributed by atoms with Crippen LogP contribution in [0, 0.1) is 11.3 Å². The minimum absolute atomic E-state index is 0.149. The van der Waals surface area contributed by atoms with Crippen molar-refractivity contribution in [3.63, 3.8) is 0 Å². The zero-order valence-corrected chi connectivity index (χ0v) is 19.5. The highest BCUT2D eigenvalue weighted by Gasteiger charge is 2.35. The average molecular weight is 525 g/mol. The average Bonchev–Trinajstić information content (AvgIpc) is 3.30. The zero-order chi connectivity index (χ0) is 25.4. The molecule has 3 aromatic rings. The number of anilines is 1. The number of nitrogens with one attached hydrogen (secondary N) is 1. The summed E-state index contributed by atoms with van der Waals surface area (Å²) in [6.07, 6.45) is -3.44. The Hall–Kier alpha value is -3.82. The number of nitrogens with zero attached hydrogens (tertiary/aromatic N) is 3. The van der Waals surface area contributed by atoms with E-state index in [0.717, 1.165) is 0 Å². The molecular weight excluding hydrogens is 509 g/mol. The van der Waals surface area contributed by atoms with Crippen LogP contribution < -0.4 is 19.5 Å². The molecule has 1 aromatic heterocycles. The third kappa shape index (κ3) is 7.08. The Morgan fingerprint density at radius 1 is 1.14 bits per heavy atom. The molecule has 0 unspecified atom stereocenters. The van der Waals surface area contributed by atoms with Crippen LogP contribution in [0.15, 0.2) is 48.0 Å². The predicted octanol–water partition coefficient (Wildman–Crippen LogP) is 5.22. The number of hydrogen-bond donors (Lipinski definition) is 1. The Bertz CT molecular complexity index is 1270. The first-order chi connectivity index (χ1) is 16.7. The van der Waals surface area contributed by atoms with Crippen molar-refractivity contribution >= 4 is 40.1 Å². The number of halogens is 4. The quantitative estimate of drug-likeness (QED) is 0.232. The molecule has 1 heterocycles. The summed E-state index contributed by atoms with van der Waals surface area (Å²) in [5.74, 6) is 0.307. The molecule has 3 rings (SSSR count). The Morgan fingerprint density at radius 3 is 2.49 bits per heavy atom. The van der Waals surface area contributed by atoms with Crippen LogP contribution in [0.3, 0.4) is 0 Å². The molecule has 0 radical (unpaired) electrons. The van der Waals surface area contributed by atoms with E-state index in [2.05, 4.69) is 15.5 Å². The Labute approximate surface area is 206 Å². The summed E-state index contributed by atoms with van der Waals surface area (Å²) in [4.78, 5) is 12.3. The summed E-state index contributed by atoms with van der Waals surface area (Å²) in [5.41, 5.74) is 0.0547. The van der Waals surface area contributed by atoms with E-state index in [1.165, 1.54) is 19.3 Å². The summed E-state index contributed by atoms with van der Waals surface area (Å²) in [6.45, 7) is 0.402. The van der Waals surface area contributed by atoms with Crippen molar-refractivity contribution in [2.24, 2.45) is 0 Å². The van der Waals surface area contributed by atoms with Gasteiger partial charge in [0, 0.05) is 0 Å². The maximum Gasteiger partial charge on any atom is 0.445 e. The number of aromatic nitrogens is 2. The van der Waals surface area contributed by atoms with Crippen molar-refractivity contribution in [2.45, 2.75) is 6.18 Å². The number of carbonyl (C=O) groups excluding carboxylic acids is 1. The molecule has 0 aliphatic heterocycles. The second-order valence-corrected chi connectivity index (χ2v) is 7.96. The number of para-hydroxylation sites is 1. The molecule has 8 nitrogen and oxygen atoms in total. The number of amides is 1. The van der Waals surface area contributed by atoms with Crippen molar-refractivity contribution in [1.29, 1.82) is 5.26 Å². The number of methoxy groups -OCH3 is 1. The molecule has 0 saturated heterocycles. The summed E-state index contributed by atoms with van der Waals surface area (Å²) in [7, 11) is 1.42. The van der Waals surface area contributed by atoms with E-state index < -0.39 is 17.1 Å². The van der Waals surface area contributed by atoms with Gasteiger partial charge in [-0.05, 0) is 35.9 Å². The van der Waals surface area contributed by atoms with Crippen LogP contribution in [0.5, 0.6) is 17.2 Å². The summed E-state index contributed by atoms with van der Waals surface area (Å²) < 4.78 is 54.5. The van der Waals surface area contributed by atoms with E-state index in [1.54, 1.807) is 42.5 Å². The maximum atomic E-state index is 12.6. The number of benzene rings is 2. The number of rotatable bonds is 9. The van der Waals surface area contributed by atoms with Crippen LogP contribution in [0.4, 0.5) is 18.3 Å². The number of ether oxygens (including phenoxy) is 3. The molecule has 13 heteroatoms. The van der Waals surface area contributed by atoms with Gasteiger partial charge in [-0.3, -0.25) is 10.1 Å². The van der Waals surface area contributed by atoms with Gasteiger partial charge in [0.2, 0.25) is 10.1 Å². The molecule has 0 aliphatic carbocycles. The standard InChI is InChI=1S/C22H16ClF3N4O4S/c1-32-18-11-13(6-7-17(18)34-9-8-33-16-5-3-2-4-15(16)23)10-14(12-27)19(31)28-21-30-29-20(35-21)22(24,25)26/h2-7,10-11H,8-9H2,1H3,(H,28,30,31)/b14-10-. The van der Waals surface area contributed by atoms with E-state index in [-0.39, 0.29) is 35.3 Å². The fraction of sp³-hybridized carbons (Fsp3) is 0.182. The van der Waals surface area contributed by atoms with Crippen molar-refractivity contribution < 1.29 is 32.2 Å². The molecule has 182 valence electrons. The van der Waals surface area contributed by atoms with E-state index in [4.69, 9.17) is 25.8 Å². The van der Waals surface area contributed by atoms with Gasteiger partial charge >= 0.3 is 6.18 Å². The maximum absolute atomic E-state index is 12.6. The van der Waals surface area contributed by atoms with Crippen LogP contribution in [-0.4, -0.2) is 36.4 Å². The lowest BCUT2D eigenvalue weighted by Crippen LogP contribution is -2.13. The molecule has 0 aliphatic rings. The predicted molar refractivity (Wildman–Crippen MR) is 123 cm³/mol. The molecule has 0 bridgehead atoms. The largest absolute Gasteiger partial charge is 0.493 e. The lowest BCUT2D eigenvalue weighted by Gasteiger charge is -2.12. The fourth-order valence-electron chi connectivity index (χ4n) is 2.63. The van der Waals surface area contributed by atoms with Gasteiger partial charge in [0.15, 0.2) is 11.5 Å². The van der Waals surface area contributed by atoms with Gasteiger partial charge in [-0.25, -0.2) is 0 Å². The van der Waals surface area contributed by atoms with E-state index in [9.17, 15) is 23.2 Å². The van der Waals surface area contributed by atoms with Crippen LogP contribution in [0.25, 0.3) is 6.08 Å². The molecule has 0 fully saturated rings. The fourth-order valence-corrected chi connectivity index (χ4v) is 3.42. The highest BCUT2D eigenvalue weighted by molar-refractivity contribution is 7.15. The third-order valence-electron chi connectivity index (χ3n) is 4.19.